The lowest BCUT2D eigenvalue weighted by Crippen LogP contribution is -1.97. The summed E-state index contributed by atoms with van der Waals surface area (Å²) in [7, 11) is 0. The van der Waals surface area contributed by atoms with Crippen LogP contribution in [0.2, 0.25) is 0 Å². The number of aromatic nitrogens is 2. The lowest BCUT2D eigenvalue weighted by Gasteiger charge is -2.16. The maximum absolute atomic E-state index is 6.26. The molecule has 3 nitrogen and oxygen atoms in total. The summed E-state index contributed by atoms with van der Waals surface area (Å²) < 4.78 is 11.1. The predicted octanol–water partition coefficient (Wildman–Crippen LogP) is 13.1. The van der Waals surface area contributed by atoms with E-state index in [1.807, 2.05) is 12.1 Å². The first-order chi connectivity index (χ1) is 25.3. The minimum Gasteiger partial charge on any atom is -0.456 e. The molecular weight excluding hydrogens is 621 g/mol. The van der Waals surface area contributed by atoms with Crippen LogP contribution in [0.1, 0.15) is 0 Å². The smallest absolute Gasteiger partial charge is 0.135 e. The summed E-state index contributed by atoms with van der Waals surface area (Å²) in [4.78, 5) is 0. The molecule has 0 radical (unpaired) electrons. The third-order valence-electron chi connectivity index (χ3n) is 10.5. The van der Waals surface area contributed by atoms with Gasteiger partial charge in [0.05, 0.1) is 22.1 Å². The third kappa shape index (κ3) is 4.12. The molecule has 8 aromatic carbocycles. The highest BCUT2D eigenvalue weighted by atomic mass is 16.3. The van der Waals surface area contributed by atoms with Crippen molar-refractivity contribution < 1.29 is 4.42 Å². The van der Waals surface area contributed by atoms with Crippen LogP contribution in [0.3, 0.4) is 0 Å². The van der Waals surface area contributed by atoms with Gasteiger partial charge in [-0.2, -0.15) is 0 Å². The van der Waals surface area contributed by atoms with Crippen LogP contribution in [0.25, 0.3) is 99.2 Å². The van der Waals surface area contributed by atoms with Crippen molar-refractivity contribution in [3.8, 4) is 33.6 Å². The number of rotatable bonds is 4. The Morgan fingerprint density at radius 1 is 0.314 bits per heavy atom. The van der Waals surface area contributed by atoms with Crippen molar-refractivity contribution in [1.82, 2.24) is 9.13 Å². The summed E-state index contributed by atoms with van der Waals surface area (Å²) in [6, 6.07) is 65.6. The van der Waals surface area contributed by atoms with Gasteiger partial charge in [0.2, 0.25) is 0 Å². The molecule has 238 valence electrons. The average molecular weight is 651 g/mol. The molecule has 3 heterocycles. The Bertz CT molecular complexity index is 3130. The van der Waals surface area contributed by atoms with Crippen molar-refractivity contribution in [2.75, 3.05) is 0 Å². The number of benzene rings is 8. The van der Waals surface area contributed by atoms with Crippen molar-refractivity contribution in [3.05, 3.63) is 182 Å². The Morgan fingerprint density at radius 3 is 1.75 bits per heavy atom. The van der Waals surface area contributed by atoms with Crippen LogP contribution in [0, 0.1) is 0 Å². The molecule has 0 N–H and O–H groups in total. The molecule has 0 fully saturated rings. The van der Waals surface area contributed by atoms with Gasteiger partial charge in [0.15, 0.2) is 0 Å². The van der Waals surface area contributed by atoms with E-state index in [9.17, 15) is 0 Å². The lowest BCUT2D eigenvalue weighted by atomic mass is 9.91. The number of fused-ring (bicyclic) bond motifs is 9. The fraction of sp³-hybridized carbons (Fsp3) is 0. The van der Waals surface area contributed by atoms with Gasteiger partial charge in [-0.1, -0.05) is 121 Å². The quantitative estimate of drug-likeness (QED) is 0.186. The molecule has 3 aromatic heterocycles. The SMILES string of the molecule is c1ccc(-c2cc3c4ccccc4n(-c4ccccc4)c3cc2-c2cccc3c4ccccc4n(-c4ccc5oc6ccccc6c5c4)c23)cc1. The van der Waals surface area contributed by atoms with Crippen LogP contribution in [0.4, 0.5) is 0 Å². The zero-order valence-corrected chi connectivity index (χ0v) is 27.6. The number of hydrogen-bond acceptors (Lipinski definition) is 1. The summed E-state index contributed by atoms with van der Waals surface area (Å²) >= 11 is 0. The number of para-hydroxylation sites is 5. The predicted molar refractivity (Wildman–Crippen MR) is 213 cm³/mol. The number of furan rings is 1. The highest BCUT2D eigenvalue weighted by molar-refractivity contribution is 6.18. The Morgan fingerprint density at radius 2 is 0.941 bits per heavy atom. The Labute approximate surface area is 293 Å². The molecule has 0 aliphatic carbocycles. The zero-order chi connectivity index (χ0) is 33.5. The normalized spacial score (nSPS) is 11.9. The van der Waals surface area contributed by atoms with Gasteiger partial charge in [-0.15, -0.1) is 0 Å². The van der Waals surface area contributed by atoms with E-state index >= 15 is 0 Å². The molecule has 0 spiro atoms. The number of nitrogens with zero attached hydrogens (tertiary/aromatic N) is 2. The second kappa shape index (κ2) is 10.8. The molecule has 11 aromatic rings. The van der Waals surface area contributed by atoms with Crippen molar-refractivity contribution in [3.63, 3.8) is 0 Å². The molecule has 11 rings (SSSR count). The molecule has 0 aliphatic heterocycles. The highest BCUT2D eigenvalue weighted by Gasteiger charge is 2.22. The van der Waals surface area contributed by atoms with E-state index in [-0.39, 0.29) is 0 Å². The van der Waals surface area contributed by atoms with E-state index in [0.717, 1.165) is 33.3 Å². The molecule has 3 heteroatoms. The van der Waals surface area contributed by atoms with Crippen molar-refractivity contribution >= 4 is 65.6 Å². The largest absolute Gasteiger partial charge is 0.456 e. The van der Waals surface area contributed by atoms with Crippen molar-refractivity contribution in [2.45, 2.75) is 0 Å². The zero-order valence-electron chi connectivity index (χ0n) is 27.6. The van der Waals surface area contributed by atoms with Crippen molar-refractivity contribution in [2.24, 2.45) is 0 Å². The molecule has 0 bridgehead atoms. The van der Waals surface area contributed by atoms with Crippen LogP contribution in [0.15, 0.2) is 186 Å². The summed E-state index contributed by atoms with van der Waals surface area (Å²) in [6.45, 7) is 0. The van der Waals surface area contributed by atoms with Crippen LogP contribution in [-0.2, 0) is 0 Å². The molecular formula is C48H30N2O. The minimum atomic E-state index is 0.895. The fourth-order valence-corrected chi connectivity index (χ4v) is 8.31. The highest BCUT2D eigenvalue weighted by Crippen LogP contribution is 2.45. The molecule has 0 aliphatic rings. The lowest BCUT2D eigenvalue weighted by molar-refractivity contribution is 0.669. The minimum absolute atomic E-state index is 0.895. The van der Waals surface area contributed by atoms with Crippen LogP contribution in [-0.4, -0.2) is 9.13 Å². The molecule has 0 saturated carbocycles. The maximum atomic E-state index is 6.26. The van der Waals surface area contributed by atoms with Crippen molar-refractivity contribution in [1.29, 1.82) is 0 Å². The van der Waals surface area contributed by atoms with Gasteiger partial charge in [0.25, 0.3) is 0 Å². The standard InChI is InChI=1S/C48H30N2O/c1-3-14-31(15-4-1)39-29-41-35-19-8-10-23-43(35)49(32-16-5-2-6-17-32)45(41)30-40(39)38-22-13-21-37-34-18-7-11-24-44(34)50(48(37)38)33-26-27-47-42(28-33)36-20-9-12-25-46(36)51-47/h1-30H. The van der Waals surface area contributed by atoms with E-state index in [1.165, 1.54) is 65.9 Å². The van der Waals surface area contributed by atoms with E-state index in [0.29, 0.717) is 0 Å². The van der Waals surface area contributed by atoms with E-state index in [1.54, 1.807) is 0 Å². The molecule has 0 unspecified atom stereocenters. The summed E-state index contributed by atoms with van der Waals surface area (Å²) in [6.07, 6.45) is 0. The van der Waals surface area contributed by atoms with Gasteiger partial charge in [0, 0.05) is 49.3 Å². The van der Waals surface area contributed by atoms with E-state index in [4.69, 9.17) is 4.42 Å². The Hall–Kier alpha value is -6.84. The molecule has 0 saturated heterocycles. The second-order valence-electron chi connectivity index (χ2n) is 13.3. The molecule has 51 heavy (non-hydrogen) atoms. The average Bonchev–Trinajstić information content (AvgIpc) is 3.85. The monoisotopic (exact) mass is 650 g/mol. The first-order valence-corrected chi connectivity index (χ1v) is 17.4. The number of hydrogen-bond donors (Lipinski definition) is 0. The maximum Gasteiger partial charge on any atom is 0.135 e. The van der Waals surface area contributed by atoms with Gasteiger partial charge < -0.3 is 13.6 Å². The van der Waals surface area contributed by atoms with Gasteiger partial charge in [-0.05, 0) is 77.4 Å². The summed E-state index contributed by atoms with van der Waals surface area (Å²) in [5.74, 6) is 0. The van der Waals surface area contributed by atoms with E-state index < -0.39 is 0 Å². The summed E-state index contributed by atoms with van der Waals surface area (Å²) in [5, 5.41) is 7.18. The topological polar surface area (TPSA) is 23.0 Å². The van der Waals surface area contributed by atoms with Crippen LogP contribution < -0.4 is 0 Å². The van der Waals surface area contributed by atoms with E-state index in [2.05, 4.69) is 179 Å². The second-order valence-corrected chi connectivity index (χ2v) is 13.3. The first kappa shape index (κ1) is 28.0. The summed E-state index contributed by atoms with van der Waals surface area (Å²) in [5.41, 5.74) is 13.6. The first-order valence-electron chi connectivity index (χ1n) is 17.4. The van der Waals surface area contributed by atoms with Gasteiger partial charge in [-0.3, -0.25) is 0 Å². The fourth-order valence-electron chi connectivity index (χ4n) is 8.31. The van der Waals surface area contributed by atoms with Gasteiger partial charge in [0.1, 0.15) is 11.2 Å². The third-order valence-corrected chi connectivity index (χ3v) is 10.5. The molecule has 0 amide bonds. The van der Waals surface area contributed by atoms with Gasteiger partial charge in [-0.25, -0.2) is 0 Å². The van der Waals surface area contributed by atoms with Crippen LogP contribution in [0.5, 0.6) is 0 Å². The van der Waals surface area contributed by atoms with Crippen LogP contribution >= 0.6 is 0 Å². The Kier molecular flexibility index (Phi) is 5.96. The van der Waals surface area contributed by atoms with Gasteiger partial charge >= 0.3 is 0 Å². The molecule has 0 atom stereocenters. The Balaban J connectivity index is 1.29.